The lowest BCUT2D eigenvalue weighted by Crippen LogP contribution is -2.29. The Balaban J connectivity index is 1.79. The van der Waals surface area contributed by atoms with Crippen LogP contribution in [0.25, 0.3) is 11.1 Å². The number of benzene rings is 3. The van der Waals surface area contributed by atoms with Crippen LogP contribution in [0.5, 0.6) is 11.5 Å². The van der Waals surface area contributed by atoms with Gasteiger partial charge in [-0.2, -0.15) is 0 Å². The third kappa shape index (κ3) is 3.10. The van der Waals surface area contributed by atoms with Crippen molar-refractivity contribution in [3.8, 4) is 22.6 Å². The summed E-state index contributed by atoms with van der Waals surface area (Å²) in [6.45, 7) is 0.427. The highest BCUT2D eigenvalue weighted by molar-refractivity contribution is 7.92. The molecule has 0 spiro atoms. The summed E-state index contributed by atoms with van der Waals surface area (Å²) >= 11 is 0. The molecule has 1 heterocycles. The molecule has 0 radical (unpaired) electrons. The Morgan fingerprint density at radius 2 is 1.43 bits per heavy atom. The van der Waals surface area contributed by atoms with Crippen LogP contribution in [-0.4, -0.2) is 29.2 Å². The molecule has 0 unspecified atom stereocenters. The molecule has 0 bridgehead atoms. The third-order valence-corrected chi connectivity index (χ3v) is 6.81. The standard InChI is InChI=1S/C22H21NO4S/c1-26-18-8-6-16(7-9-18)21-5-3-4-17-14-15-23(22(17)21)28(24,25)20-12-10-19(27-2)11-13-20/h3-13H,14-15H2,1-2H3. The van der Waals surface area contributed by atoms with Crippen LogP contribution in [0.1, 0.15) is 5.56 Å². The molecular formula is C22H21NO4S. The van der Waals surface area contributed by atoms with Gasteiger partial charge in [-0.05, 0) is 53.9 Å². The van der Waals surface area contributed by atoms with E-state index in [2.05, 4.69) is 0 Å². The van der Waals surface area contributed by atoms with Crippen LogP contribution >= 0.6 is 0 Å². The number of hydrogen-bond donors (Lipinski definition) is 0. The fourth-order valence-corrected chi connectivity index (χ4v) is 5.06. The number of fused-ring (bicyclic) bond motifs is 1. The summed E-state index contributed by atoms with van der Waals surface area (Å²) in [7, 11) is -0.487. The van der Waals surface area contributed by atoms with Crippen molar-refractivity contribution in [2.24, 2.45) is 0 Å². The van der Waals surface area contributed by atoms with Crippen LogP contribution in [-0.2, 0) is 16.4 Å². The average Bonchev–Trinajstić information content (AvgIpc) is 3.19. The van der Waals surface area contributed by atoms with Crippen LogP contribution in [0.3, 0.4) is 0 Å². The summed E-state index contributed by atoms with van der Waals surface area (Å²) in [5, 5.41) is 0. The van der Waals surface area contributed by atoms with Gasteiger partial charge in [-0.15, -0.1) is 0 Å². The quantitative estimate of drug-likeness (QED) is 0.652. The van der Waals surface area contributed by atoms with E-state index < -0.39 is 10.0 Å². The lowest BCUT2D eigenvalue weighted by atomic mass is 10.0. The molecule has 28 heavy (non-hydrogen) atoms. The van der Waals surface area contributed by atoms with Crippen molar-refractivity contribution in [1.29, 1.82) is 0 Å². The Morgan fingerprint density at radius 1 is 0.821 bits per heavy atom. The smallest absolute Gasteiger partial charge is 0.264 e. The van der Waals surface area contributed by atoms with Crippen molar-refractivity contribution in [3.63, 3.8) is 0 Å². The van der Waals surface area contributed by atoms with E-state index in [1.54, 1.807) is 38.5 Å². The zero-order valence-electron chi connectivity index (χ0n) is 15.8. The Kier molecular flexibility index (Phi) is 4.73. The zero-order valence-corrected chi connectivity index (χ0v) is 16.6. The van der Waals surface area contributed by atoms with Gasteiger partial charge in [0.05, 0.1) is 24.8 Å². The Morgan fingerprint density at radius 3 is 2.04 bits per heavy atom. The van der Waals surface area contributed by atoms with E-state index in [1.807, 2.05) is 42.5 Å². The minimum Gasteiger partial charge on any atom is -0.497 e. The van der Waals surface area contributed by atoms with Gasteiger partial charge >= 0.3 is 0 Å². The summed E-state index contributed by atoms with van der Waals surface area (Å²) in [6, 6.07) is 20.1. The van der Waals surface area contributed by atoms with Gasteiger partial charge in [0.15, 0.2) is 0 Å². The van der Waals surface area contributed by atoms with Gasteiger partial charge in [0.25, 0.3) is 10.0 Å². The molecule has 0 N–H and O–H groups in total. The predicted octanol–water partition coefficient (Wildman–Crippen LogP) is 4.12. The Labute approximate surface area is 165 Å². The van der Waals surface area contributed by atoms with Crippen LogP contribution in [0, 0.1) is 0 Å². The molecule has 5 nitrogen and oxygen atoms in total. The molecule has 0 aliphatic carbocycles. The number of hydrogen-bond acceptors (Lipinski definition) is 4. The molecule has 6 heteroatoms. The molecule has 3 aromatic rings. The lowest BCUT2D eigenvalue weighted by molar-refractivity contribution is 0.414. The van der Waals surface area contributed by atoms with E-state index in [4.69, 9.17) is 9.47 Å². The zero-order chi connectivity index (χ0) is 19.7. The molecule has 0 saturated heterocycles. The minimum atomic E-state index is -3.67. The number of nitrogens with zero attached hydrogens (tertiary/aromatic N) is 1. The molecule has 0 saturated carbocycles. The van der Waals surface area contributed by atoms with Gasteiger partial charge in [-0.3, -0.25) is 4.31 Å². The van der Waals surface area contributed by atoms with Crippen molar-refractivity contribution < 1.29 is 17.9 Å². The minimum absolute atomic E-state index is 0.255. The first-order valence-electron chi connectivity index (χ1n) is 8.97. The largest absolute Gasteiger partial charge is 0.497 e. The molecule has 1 aliphatic heterocycles. The molecule has 1 aliphatic rings. The van der Waals surface area contributed by atoms with Crippen LogP contribution in [0.15, 0.2) is 71.6 Å². The highest BCUT2D eigenvalue weighted by atomic mass is 32.2. The van der Waals surface area contributed by atoms with E-state index in [-0.39, 0.29) is 4.90 Å². The second kappa shape index (κ2) is 7.20. The molecular weight excluding hydrogens is 374 g/mol. The normalized spacial score (nSPS) is 13.3. The fraction of sp³-hybridized carbons (Fsp3) is 0.182. The van der Waals surface area contributed by atoms with E-state index >= 15 is 0 Å². The first-order chi connectivity index (χ1) is 13.5. The maximum absolute atomic E-state index is 13.3. The maximum atomic E-state index is 13.3. The third-order valence-electron chi connectivity index (χ3n) is 5.00. The highest BCUT2D eigenvalue weighted by Gasteiger charge is 2.33. The van der Waals surface area contributed by atoms with E-state index in [1.165, 1.54) is 4.31 Å². The first kappa shape index (κ1) is 18.4. The van der Waals surface area contributed by atoms with Gasteiger partial charge in [0, 0.05) is 12.1 Å². The van der Waals surface area contributed by atoms with E-state index in [9.17, 15) is 8.42 Å². The SMILES string of the molecule is COc1ccc(-c2cccc3c2N(S(=O)(=O)c2ccc(OC)cc2)CC3)cc1. The summed E-state index contributed by atoms with van der Waals surface area (Å²) < 4.78 is 38.6. The molecule has 3 aromatic carbocycles. The van der Waals surface area contributed by atoms with Gasteiger partial charge in [-0.1, -0.05) is 30.3 Å². The second-order valence-electron chi connectivity index (χ2n) is 6.54. The van der Waals surface area contributed by atoms with Crippen molar-refractivity contribution in [2.75, 3.05) is 25.1 Å². The summed E-state index contributed by atoms with van der Waals surface area (Å²) in [5.41, 5.74) is 3.64. The Bertz CT molecular complexity index is 1090. The lowest BCUT2D eigenvalue weighted by Gasteiger charge is -2.22. The number of methoxy groups -OCH3 is 2. The van der Waals surface area contributed by atoms with Crippen molar-refractivity contribution in [1.82, 2.24) is 0 Å². The molecule has 0 fully saturated rings. The molecule has 0 atom stereocenters. The van der Waals surface area contributed by atoms with Crippen molar-refractivity contribution in [2.45, 2.75) is 11.3 Å². The number of para-hydroxylation sites is 1. The number of ether oxygens (including phenoxy) is 2. The van der Waals surface area contributed by atoms with E-state index in [0.717, 1.165) is 28.1 Å². The van der Waals surface area contributed by atoms with Gasteiger partial charge in [0.1, 0.15) is 11.5 Å². The molecule has 0 aromatic heterocycles. The second-order valence-corrected chi connectivity index (χ2v) is 8.41. The van der Waals surface area contributed by atoms with Crippen molar-refractivity contribution in [3.05, 3.63) is 72.3 Å². The molecule has 4 rings (SSSR count). The number of rotatable bonds is 5. The van der Waals surface area contributed by atoms with E-state index in [0.29, 0.717) is 18.7 Å². The van der Waals surface area contributed by atoms with Gasteiger partial charge in [-0.25, -0.2) is 8.42 Å². The van der Waals surface area contributed by atoms with Crippen LogP contribution in [0.4, 0.5) is 5.69 Å². The first-order valence-corrected chi connectivity index (χ1v) is 10.4. The number of anilines is 1. The van der Waals surface area contributed by atoms with Gasteiger partial charge < -0.3 is 9.47 Å². The Hall–Kier alpha value is -2.99. The average molecular weight is 395 g/mol. The summed E-state index contributed by atoms with van der Waals surface area (Å²) in [5.74, 6) is 1.39. The summed E-state index contributed by atoms with van der Waals surface area (Å²) in [6.07, 6.45) is 0.689. The fourth-order valence-electron chi connectivity index (χ4n) is 3.54. The van der Waals surface area contributed by atoms with Crippen LogP contribution < -0.4 is 13.8 Å². The highest BCUT2D eigenvalue weighted by Crippen LogP contribution is 2.41. The monoisotopic (exact) mass is 395 g/mol. The molecule has 0 amide bonds. The number of sulfonamides is 1. The predicted molar refractivity (Wildman–Crippen MR) is 110 cm³/mol. The topological polar surface area (TPSA) is 55.8 Å². The van der Waals surface area contributed by atoms with Crippen LogP contribution in [0.2, 0.25) is 0 Å². The summed E-state index contributed by atoms with van der Waals surface area (Å²) in [4.78, 5) is 0.255. The molecule has 144 valence electrons. The van der Waals surface area contributed by atoms with Crippen molar-refractivity contribution >= 4 is 15.7 Å². The maximum Gasteiger partial charge on any atom is 0.264 e. The van der Waals surface area contributed by atoms with Gasteiger partial charge in [0.2, 0.25) is 0 Å².